The number of para-hydroxylation sites is 1. The molecule has 0 heterocycles. The van der Waals surface area contributed by atoms with Crippen LogP contribution in [0.2, 0.25) is 0 Å². The highest BCUT2D eigenvalue weighted by atomic mass is 32.2. The van der Waals surface area contributed by atoms with E-state index in [2.05, 4.69) is 43.4 Å². The van der Waals surface area contributed by atoms with Crippen LogP contribution in [-0.2, 0) is 17.6 Å². The number of hydrogen-bond donors (Lipinski definition) is 1. The first-order valence-corrected chi connectivity index (χ1v) is 9.25. The maximum atomic E-state index is 12.3. The monoisotopic (exact) mass is 325 g/mol. The molecular weight excluding hydrogens is 302 g/mol. The van der Waals surface area contributed by atoms with Gasteiger partial charge >= 0.3 is 0 Å². The molecule has 0 unspecified atom stereocenters. The molecule has 3 rings (SSSR count). The highest BCUT2D eigenvalue weighted by Gasteiger charge is 2.12. The summed E-state index contributed by atoms with van der Waals surface area (Å²) in [6, 6.07) is 14.7. The topological polar surface area (TPSA) is 29.1 Å². The number of amides is 1. The van der Waals surface area contributed by atoms with Gasteiger partial charge in [-0.15, -0.1) is 11.8 Å². The van der Waals surface area contributed by atoms with Crippen LogP contribution in [-0.4, -0.2) is 11.7 Å². The van der Waals surface area contributed by atoms with Crippen molar-refractivity contribution in [3.8, 4) is 0 Å². The minimum atomic E-state index is 0.0589. The number of rotatable bonds is 5. The first-order valence-electron chi connectivity index (χ1n) is 8.27. The lowest BCUT2D eigenvalue weighted by atomic mass is 10.0. The van der Waals surface area contributed by atoms with Crippen LogP contribution in [0.4, 0.5) is 5.69 Å². The van der Waals surface area contributed by atoms with Crippen LogP contribution < -0.4 is 5.32 Å². The molecule has 23 heavy (non-hydrogen) atoms. The fourth-order valence-electron chi connectivity index (χ4n) is 3.09. The van der Waals surface area contributed by atoms with Crippen molar-refractivity contribution in [3.05, 3.63) is 59.2 Å². The van der Waals surface area contributed by atoms with Crippen molar-refractivity contribution in [2.24, 2.45) is 0 Å². The highest BCUT2D eigenvalue weighted by molar-refractivity contribution is 8.00. The molecule has 0 spiro atoms. The Morgan fingerprint density at radius 3 is 2.74 bits per heavy atom. The van der Waals surface area contributed by atoms with Crippen LogP contribution in [0.1, 0.15) is 42.9 Å². The van der Waals surface area contributed by atoms with Crippen molar-refractivity contribution < 1.29 is 4.79 Å². The molecule has 0 saturated heterocycles. The van der Waals surface area contributed by atoms with Gasteiger partial charge in [-0.25, -0.2) is 0 Å². The zero-order chi connectivity index (χ0) is 16.2. The van der Waals surface area contributed by atoms with Crippen molar-refractivity contribution in [1.29, 1.82) is 0 Å². The summed E-state index contributed by atoms with van der Waals surface area (Å²) in [4.78, 5) is 13.5. The van der Waals surface area contributed by atoms with Gasteiger partial charge in [0.1, 0.15) is 0 Å². The second-order valence-electron chi connectivity index (χ2n) is 6.36. The summed E-state index contributed by atoms with van der Waals surface area (Å²) in [5.74, 6) is 0.907. The number of fused-ring (bicyclic) bond motifs is 1. The first-order chi connectivity index (χ1) is 11.1. The van der Waals surface area contributed by atoms with Crippen molar-refractivity contribution in [2.45, 2.75) is 43.9 Å². The molecule has 0 atom stereocenters. The number of carbonyl (C=O) groups is 1. The third-order valence-corrected chi connectivity index (χ3v) is 5.29. The maximum Gasteiger partial charge on any atom is 0.234 e. The molecule has 0 radical (unpaired) electrons. The predicted octanol–water partition coefficient (Wildman–Crippen LogP) is 5.03. The smallest absolute Gasteiger partial charge is 0.234 e. The molecule has 0 saturated carbocycles. The Bertz CT molecular complexity index is 709. The van der Waals surface area contributed by atoms with Crippen molar-refractivity contribution in [1.82, 2.24) is 0 Å². The SMILES string of the molecule is CC(C)c1ccccc1NC(=O)CSc1ccc2c(c1)CCC2. The Hall–Kier alpha value is -1.74. The van der Waals surface area contributed by atoms with Crippen LogP contribution in [0.3, 0.4) is 0 Å². The molecule has 2 aromatic rings. The lowest BCUT2D eigenvalue weighted by Gasteiger charge is -2.13. The molecule has 2 aromatic carbocycles. The van der Waals surface area contributed by atoms with E-state index in [9.17, 15) is 4.79 Å². The zero-order valence-corrected chi connectivity index (χ0v) is 14.6. The zero-order valence-electron chi connectivity index (χ0n) is 13.8. The summed E-state index contributed by atoms with van der Waals surface area (Å²) in [5.41, 5.74) is 5.05. The molecule has 1 aliphatic carbocycles. The van der Waals surface area contributed by atoms with Crippen LogP contribution in [0.25, 0.3) is 0 Å². The molecule has 1 N–H and O–H groups in total. The first kappa shape index (κ1) is 16.1. The Kier molecular flexibility index (Phi) is 5.06. The predicted molar refractivity (Wildman–Crippen MR) is 98.4 cm³/mol. The Balaban J connectivity index is 1.60. The van der Waals surface area contributed by atoms with E-state index in [0.717, 1.165) is 5.69 Å². The van der Waals surface area contributed by atoms with Crippen molar-refractivity contribution in [3.63, 3.8) is 0 Å². The van der Waals surface area contributed by atoms with Crippen LogP contribution in [0.5, 0.6) is 0 Å². The van der Waals surface area contributed by atoms with Gasteiger partial charge in [-0.2, -0.15) is 0 Å². The van der Waals surface area contributed by atoms with E-state index in [-0.39, 0.29) is 5.91 Å². The molecule has 120 valence electrons. The summed E-state index contributed by atoms with van der Waals surface area (Å²) in [7, 11) is 0. The Morgan fingerprint density at radius 1 is 1.13 bits per heavy atom. The highest BCUT2D eigenvalue weighted by Crippen LogP contribution is 2.28. The molecular formula is C20H23NOS. The lowest BCUT2D eigenvalue weighted by Crippen LogP contribution is -2.15. The van der Waals surface area contributed by atoms with E-state index in [1.807, 2.05) is 18.2 Å². The van der Waals surface area contributed by atoms with Crippen LogP contribution in [0, 0.1) is 0 Å². The van der Waals surface area contributed by atoms with E-state index in [4.69, 9.17) is 0 Å². The number of benzene rings is 2. The van der Waals surface area contributed by atoms with Gasteiger partial charge in [0, 0.05) is 10.6 Å². The van der Waals surface area contributed by atoms with E-state index in [1.165, 1.54) is 40.8 Å². The molecule has 0 aliphatic heterocycles. The van der Waals surface area contributed by atoms with E-state index < -0.39 is 0 Å². The Labute approximate surface area is 142 Å². The van der Waals surface area contributed by atoms with E-state index in [1.54, 1.807) is 11.8 Å². The number of anilines is 1. The van der Waals surface area contributed by atoms with Crippen molar-refractivity contribution in [2.75, 3.05) is 11.1 Å². The summed E-state index contributed by atoms with van der Waals surface area (Å²) in [5, 5.41) is 3.05. The minimum absolute atomic E-state index is 0.0589. The van der Waals surface area contributed by atoms with Gasteiger partial charge < -0.3 is 5.32 Å². The van der Waals surface area contributed by atoms with Gasteiger partial charge in [-0.1, -0.05) is 38.1 Å². The second kappa shape index (κ2) is 7.22. The maximum absolute atomic E-state index is 12.3. The van der Waals surface area contributed by atoms with Gasteiger partial charge in [0.2, 0.25) is 5.91 Å². The van der Waals surface area contributed by atoms with Gasteiger partial charge in [0.25, 0.3) is 0 Å². The average molecular weight is 325 g/mol. The fourth-order valence-corrected chi connectivity index (χ4v) is 3.85. The molecule has 0 aromatic heterocycles. The normalized spacial score (nSPS) is 13.2. The van der Waals surface area contributed by atoms with E-state index in [0.29, 0.717) is 11.7 Å². The van der Waals surface area contributed by atoms with Gasteiger partial charge in [0.15, 0.2) is 0 Å². The third kappa shape index (κ3) is 3.97. The standard InChI is InChI=1S/C20H23NOS/c1-14(2)18-8-3-4-9-19(18)21-20(22)13-23-17-11-10-15-6-5-7-16(15)12-17/h3-4,8-12,14H,5-7,13H2,1-2H3,(H,21,22). The van der Waals surface area contributed by atoms with Gasteiger partial charge in [-0.3, -0.25) is 4.79 Å². The summed E-state index contributed by atoms with van der Waals surface area (Å²) >= 11 is 1.62. The molecule has 1 amide bonds. The second-order valence-corrected chi connectivity index (χ2v) is 7.41. The molecule has 0 bridgehead atoms. The van der Waals surface area contributed by atoms with Gasteiger partial charge in [-0.05, 0) is 60.1 Å². The van der Waals surface area contributed by atoms with E-state index >= 15 is 0 Å². The summed E-state index contributed by atoms with van der Waals surface area (Å²) < 4.78 is 0. The molecule has 3 heteroatoms. The number of nitrogens with one attached hydrogen (secondary N) is 1. The lowest BCUT2D eigenvalue weighted by molar-refractivity contribution is -0.113. The summed E-state index contributed by atoms with van der Waals surface area (Å²) in [6.45, 7) is 4.29. The number of aryl methyl sites for hydroxylation is 2. The van der Waals surface area contributed by atoms with Crippen LogP contribution >= 0.6 is 11.8 Å². The number of hydrogen-bond acceptors (Lipinski definition) is 2. The number of carbonyl (C=O) groups excluding carboxylic acids is 1. The fraction of sp³-hybridized carbons (Fsp3) is 0.350. The molecule has 1 aliphatic rings. The van der Waals surface area contributed by atoms with Gasteiger partial charge in [0.05, 0.1) is 5.75 Å². The summed E-state index contributed by atoms with van der Waals surface area (Å²) in [6.07, 6.45) is 3.64. The average Bonchev–Trinajstić information content (AvgIpc) is 3.01. The number of thioether (sulfide) groups is 1. The Morgan fingerprint density at radius 2 is 1.91 bits per heavy atom. The van der Waals surface area contributed by atoms with Crippen LogP contribution in [0.15, 0.2) is 47.4 Å². The van der Waals surface area contributed by atoms with Crippen molar-refractivity contribution >= 4 is 23.4 Å². The molecule has 0 fully saturated rings. The minimum Gasteiger partial charge on any atom is -0.325 e. The molecule has 2 nitrogen and oxygen atoms in total. The largest absolute Gasteiger partial charge is 0.325 e. The quantitative estimate of drug-likeness (QED) is 0.781. The third-order valence-electron chi connectivity index (χ3n) is 4.30.